The monoisotopic (exact) mass is 140 g/mol. The molecule has 0 rings (SSSR count). The molecular formula is C5H11NOS. The van der Waals surface area contributed by atoms with Gasteiger partial charge in [0.15, 0.2) is 0 Å². The molecule has 0 aromatic heterocycles. The van der Waals surface area contributed by atoms with E-state index in [1.165, 1.54) is 6.26 Å². The fraction of sp³-hybridized carbons (Fsp3) is 0.800. The quantitative estimate of drug-likeness (QED) is 0.629. The molecule has 0 aliphatic carbocycles. The molecule has 0 unspecified atom stereocenters. The van der Waals surface area contributed by atoms with Crippen LogP contribution in [0.4, 0.5) is 4.79 Å². The molecule has 0 saturated carbocycles. The average Bonchev–Trinajstić information content (AvgIpc) is 2.00. The molecule has 1 amide bonds. The van der Waals surface area contributed by atoms with Crippen LogP contribution in [0.15, 0.2) is 0 Å². The summed E-state index contributed by atoms with van der Waals surface area (Å²) in [6, 6.07) is 0. The second kappa shape index (κ2) is 4.97. The average molecular weight is 140 g/mol. The van der Waals surface area contributed by atoms with Crippen molar-refractivity contribution in [2.75, 3.05) is 12.8 Å². The van der Waals surface area contributed by atoms with E-state index in [0.717, 1.165) is 0 Å². The Balaban J connectivity index is 4.93. The molecule has 0 fully saturated rings. The third kappa shape index (κ3) is 3.99. The summed E-state index contributed by atoms with van der Waals surface area (Å²) in [6.45, 7) is -6.10. The summed E-state index contributed by atoms with van der Waals surface area (Å²) in [5, 5.41) is 0.849. The SMILES string of the molecule is [2H]C([2H])([2H])C([2H])([2H])C([2H])([2H])NC(=O)SC. The first-order chi connectivity index (χ1) is 6.45. The van der Waals surface area contributed by atoms with Gasteiger partial charge in [0.25, 0.3) is 5.24 Å². The second-order valence-electron chi connectivity index (χ2n) is 0.867. The number of hydrogen-bond donors (Lipinski definition) is 1. The van der Waals surface area contributed by atoms with E-state index >= 15 is 0 Å². The van der Waals surface area contributed by atoms with Crippen molar-refractivity contribution < 1.29 is 14.4 Å². The first-order valence-electron chi connectivity index (χ1n) is 5.32. The molecular weight excluding hydrogens is 122 g/mol. The van der Waals surface area contributed by atoms with Gasteiger partial charge >= 0.3 is 0 Å². The molecule has 0 heterocycles. The van der Waals surface area contributed by atoms with Crippen LogP contribution in [0.1, 0.15) is 22.8 Å². The third-order valence-corrected chi connectivity index (χ3v) is 0.885. The Labute approximate surface area is 63.9 Å². The van der Waals surface area contributed by atoms with E-state index in [4.69, 9.17) is 9.60 Å². The molecule has 1 N–H and O–H groups in total. The Kier molecular flexibility index (Phi) is 1.18. The first kappa shape index (κ1) is 1.90. The lowest BCUT2D eigenvalue weighted by Gasteiger charge is -1.96. The molecule has 0 bridgehead atoms. The van der Waals surface area contributed by atoms with Crippen molar-refractivity contribution in [2.45, 2.75) is 13.2 Å². The summed E-state index contributed by atoms with van der Waals surface area (Å²) < 4.78 is 49.3. The van der Waals surface area contributed by atoms with Gasteiger partial charge in [0.2, 0.25) is 0 Å². The topological polar surface area (TPSA) is 29.1 Å². The first-order valence-corrected chi connectivity index (χ1v) is 3.04. The smallest absolute Gasteiger partial charge is 0.278 e. The molecule has 0 aliphatic rings. The lowest BCUT2D eigenvalue weighted by Crippen LogP contribution is -2.18. The normalized spacial score (nSPS) is 26.9. The minimum Gasteiger partial charge on any atom is -0.347 e. The molecule has 0 radical (unpaired) electrons. The highest BCUT2D eigenvalue weighted by atomic mass is 32.2. The van der Waals surface area contributed by atoms with E-state index in [0.29, 0.717) is 11.8 Å². The van der Waals surface area contributed by atoms with Crippen molar-refractivity contribution in [3.63, 3.8) is 0 Å². The van der Waals surface area contributed by atoms with Gasteiger partial charge < -0.3 is 5.32 Å². The lowest BCUT2D eigenvalue weighted by atomic mass is 10.5. The van der Waals surface area contributed by atoms with Gasteiger partial charge in [-0.15, -0.1) is 0 Å². The molecule has 0 aromatic rings. The van der Waals surface area contributed by atoms with Crippen LogP contribution in [-0.2, 0) is 0 Å². The molecule has 2 nitrogen and oxygen atoms in total. The predicted octanol–water partition coefficient (Wildman–Crippen LogP) is 1.47. The Bertz CT molecular complexity index is 250. The van der Waals surface area contributed by atoms with E-state index in [1.54, 1.807) is 5.32 Å². The maximum atomic E-state index is 10.9. The van der Waals surface area contributed by atoms with Gasteiger partial charge in [0.05, 0.1) is 0 Å². The number of amides is 1. The number of hydrogen-bond acceptors (Lipinski definition) is 2. The highest BCUT2D eigenvalue weighted by molar-refractivity contribution is 8.12. The summed E-state index contributed by atoms with van der Waals surface area (Å²) in [5.74, 6) is 0. The fourth-order valence-corrected chi connectivity index (χ4v) is 0.286. The summed E-state index contributed by atoms with van der Waals surface area (Å²) in [5.41, 5.74) is 0. The van der Waals surface area contributed by atoms with Crippen LogP contribution in [0, 0.1) is 0 Å². The van der Waals surface area contributed by atoms with Crippen molar-refractivity contribution >= 4 is 17.0 Å². The number of carbonyl (C=O) groups excluding carboxylic acids is 1. The largest absolute Gasteiger partial charge is 0.347 e. The van der Waals surface area contributed by atoms with Gasteiger partial charge in [-0.2, -0.15) is 0 Å². The number of nitrogens with one attached hydrogen (secondary N) is 1. The number of rotatable bonds is 2. The molecule has 3 heteroatoms. The van der Waals surface area contributed by atoms with Crippen LogP contribution in [0.3, 0.4) is 0 Å². The van der Waals surface area contributed by atoms with E-state index in [2.05, 4.69) is 0 Å². The Hall–Kier alpha value is -0.180. The zero-order chi connectivity index (χ0) is 12.5. The zero-order valence-electron chi connectivity index (χ0n) is 11.3. The summed E-state index contributed by atoms with van der Waals surface area (Å²) in [7, 11) is 0. The Morgan fingerprint density at radius 2 is 2.88 bits per heavy atom. The number of thioether (sulfide) groups is 1. The van der Waals surface area contributed by atoms with Gasteiger partial charge in [-0.25, -0.2) is 0 Å². The minimum atomic E-state index is -3.15. The fourth-order valence-electron chi connectivity index (χ4n) is 0.133. The van der Waals surface area contributed by atoms with E-state index < -0.39 is 25.0 Å². The number of carbonyl (C=O) groups is 1. The maximum Gasteiger partial charge on any atom is 0.278 e. The van der Waals surface area contributed by atoms with Gasteiger partial charge in [0.1, 0.15) is 0 Å². The molecule has 0 aliphatic heterocycles. The lowest BCUT2D eigenvalue weighted by molar-refractivity contribution is 0.261. The Morgan fingerprint density at radius 3 is 3.38 bits per heavy atom. The summed E-state index contributed by atoms with van der Waals surface area (Å²) >= 11 is 0.638. The van der Waals surface area contributed by atoms with E-state index in [-0.39, 0.29) is 0 Å². The molecule has 0 atom stereocenters. The van der Waals surface area contributed by atoms with Crippen LogP contribution in [0.2, 0.25) is 0 Å². The van der Waals surface area contributed by atoms with Crippen LogP contribution in [-0.4, -0.2) is 18.0 Å². The van der Waals surface area contributed by atoms with Crippen LogP contribution < -0.4 is 5.32 Å². The van der Waals surface area contributed by atoms with Crippen molar-refractivity contribution in [3.8, 4) is 0 Å². The summed E-state index contributed by atoms with van der Waals surface area (Å²) in [6.07, 6.45) is -1.78. The van der Waals surface area contributed by atoms with Crippen molar-refractivity contribution in [3.05, 3.63) is 0 Å². The summed E-state index contributed by atoms with van der Waals surface area (Å²) in [4.78, 5) is 10.9. The molecule has 0 saturated heterocycles. The third-order valence-electron chi connectivity index (χ3n) is 0.412. The molecule has 0 spiro atoms. The zero-order valence-corrected chi connectivity index (χ0v) is 5.13. The van der Waals surface area contributed by atoms with Gasteiger partial charge in [0, 0.05) is 16.1 Å². The molecule has 8 heavy (non-hydrogen) atoms. The maximum absolute atomic E-state index is 10.9. The van der Waals surface area contributed by atoms with Crippen molar-refractivity contribution in [1.29, 1.82) is 0 Å². The van der Waals surface area contributed by atoms with Gasteiger partial charge in [-0.3, -0.25) is 4.79 Å². The Morgan fingerprint density at radius 1 is 2.12 bits per heavy atom. The highest BCUT2D eigenvalue weighted by Gasteiger charge is 1.91. The van der Waals surface area contributed by atoms with Crippen LogP contribution >= 0.6 is 11.8 Å². The van der Waals surface area contributed by atoms with E-state index in [9.17, 15) is 4.79 Å². The predicted molar refractivity (Wildman–Crippen MR) is 37.2 cm³/mol. The standard InChI is InChI=1S/C5H11NOS/c1-3-4-6-5(7)8-2/h3-4H2,1-2H3,(H,6,7)/i1D3,3D2,4D2. The highest BCUT2D eigenvalue weighted by Crippen LogP contribution is 1.91. The second-order valence-corrected chi connectivity index (χ2v) is 1.65. The van der Waals surface area contributed by atoms with Crippen LogP contribution in [0.5, 0.6) is 0 Å². The van der Waals surface area contributed by atoms with Crippen molar-refractivity contribution in [2.24, 2.45) is 0 Å². The van der Waals surface area contributed by atoms with Gasteiger partial charge in [-0.1, -0.05) is 18.6 Å². The van der Waals surface area contributed by atoms with Crippen molar-refractivity contribution in [1.82, 2.24) is 5.32 Å². The minimum absolute atomic E-state index is 0.638. The van der Waals surface area contributed by atoms with E-state index in [1.807, 2.05) is 0 Å². The molecule has 48 valence electrons. The van der Waals surface area contributed by atoms with Gasteiger partial charge in [-0.05, 0) is 12.6 Å². The molecule has 0 aromatic carbocycles. The van der Waals surface area contributed by atoms with Crippen LogP contribution in [0.25, 0.3) is 0 Å².